The number of carboxylic acid groups (broad SMARTS) is 1. The summed E-state index contributed by atoms with van der Waals surface area (Å²) >= 11 is 0. The molecular formula is C14H27NO3. The van der Waals surface area contributed by atoms with E-state index in [-0.39, 0.29) is 24.8 Å². The molecule has 0 aromatic heterocycles. The number of carbonyl (C=O) groups is 2. The monoisotopic (exact) mass is 257 g/mol. The Kier molecular flexibility index (Phi) is 6.36. The number of nitrogens with zero attached hydrogens (tertiary/aromatic N) is 1. The summed E-state index contributed by atoms with van der Waals surface area (Å²) < 4.78 is 0. The van der Waals surface area contributed by atoms with Crippen LogP contribution in [-0.2, 0) is 9.59 Å². The van der Waals surface area contributed by atoms with Gasteiger partial charge < -0.3 is 10.0 Å². The molecule has 0 saturated carbocycles. The van der Waals surface area contributed by atoms with Gasteiger partial charge in [-0.2, -0.15) is 0 Å². The fourth-order valence-corrected chi connectivity index (χ4v) is 1.98. The van der Waals surface area contributed by atoms with Crippen molar-refractivity contribution in [2.24, 2.45) is 11.3 Å². The van der Waals surface area contributed by atoms with Crippen LogP contribution in [0.5, 0.6) is 0 Å². The van der Waals surface area contributed by atoms with E-state index in [1.54, 1.807) is 0 Å². The van der Waals surface area contributed by atoms with Crippen LogP contribution in [0, 0.1) is 11.3 Å². The first-order valence-electron chi connectivity index (χ1n) is 6.56. The van der Waals surface area contributed by atoms with Crippen LogP contribution in [0.15, 0.2) is 0 Å². The Morgan fingerprint density at radius 2 is 1.61 bits per heavy atom. The fourth-order valence-electron chi connectivity index (χ4n) is 1.98. The largest absolute Gasteiger partial charge is 0.481 e. The number of rotatable bonds is 7. The number of hydrogen-bond acceptors (Lipinski definition) is 2. The molecule has 0 rings (SSSR count). The molecule has 0 aliphatic rings. The van der Waals surface area contributed by atoms with E-state index in [2.05, 4.69) is 13.8 Å². The topological polar surface area (TPSA) is 57.6 Å². The normalized spacial score (nSPS) is 12.0. The first-order chi connectivity index (χ1) is 8.05. The predicted octanol–water partition coefficient (Wildman–Crippen LogP) is 2.77. The molecule has 0 aliphatic carbocycles. The maximum atomic E-state index is 12.3. The molecule has 1 N–H and O–H groups in total. The van der Waals surface area contributed by atoms with Gasteiger partial charge in [-0.1, -0.05) is 27.7 Å². The van der Waals surface area contributed by atoms with Crippen molar-refractivity contribution in [2.45, 2.75) is 60.4 Å². The summed E-state index contributed by atoms with van der Waals surface area (Å²) in [6.45, 7) is 12.5. The average Bonchev–Trinajstić information content (AvgIpc) is 2.09. The molecule has 0 aromatic carbocycles. The molecular weight excluding hydrogens is 230 g/mol. The first-order valence-corrected chi connectivity index (χ1v) is 6.56. The molecule has 0 aliphatic heterocycles. The van der Waals surface area contributed by atoms with E-state index in [1.807, 2.05) is 32.6 Å². The van der Waals surface area contributed by atoms with E-state index in [0.29, 0.717) is 5.92 Å². The third-order valence-corrected chi connectivity index (χ3v) is 2.77. The molecule has 0 spiro atoms. The lowest BCUT2D eigenvalue weighted by molar-refractivity contribution is -0.141. The molecule has 0 fully saturated rings. The highest BCUT2D eigenvalue weighted by molar-refractivity contribution is 5.78. The minimum Gasteiger partial charge on any atom is -0.481 e. The Hall–Kier alpha value is -1.06. The second-order valence-corrected chi connectivity index (χ2v) is 6.45. The van der Waals surface area contributed by atoms with Crippen molar-refractivity contribution in [3.63, 3.8) is 0 Å². The molecule has 4 heteroatoms. The molecule has 1 amide bonds. The van der Waals surface area contributed by atoms with Gasteiger partial charge in [-0.3, -0.25) is 9.59 Å². The zero-order chi connectivity index (χ0) is 14.5. The average molecular weight is 257 g/mol. The summed E-state index contributed by atoms with van der Waals surface area (Å²) in [4.78, 5) is 24.8. The smallest absolute Gasteiger partial charge is 0.303 e. The summed E-state index contributed by atoms with van der Waals surface area (Å²) in [6.07, 6.45) is 0.302. The second kappa shape index (κ2) is 6.76. The number of amides is 1. The van der Waals surface area contributed by atoms with E-state index in [1.165, 1.54) is 0 Å². The van der Waals surface area contributed by atoms with Gasteiger partial charge in [-0.05, 0) is 25.2 Å². The van der Waals surface area contributed by atoms with E-state index in [0.717, 1.165) is 6.54 Å². The van der Waals surface area contributed by atoms with Crippen molar-refractivity contribution in [3.05, 3.63) is 0 Å². The lowest BCUT2D eigenvalue weighted by Gasteiger charge is -2.32. The van der Waals surface area contributed by atoms with Gasteiger partial charge in [0.15, 0.2) is 0 Å². The highest BCUT2D eigenvalue weighted by Crippen LogP contribution is 2.26. The molecule has 4 nitrogen and oxygen atoms in total. The van der Waals surface area contributed by atoms with E-state index in [4.69, 9.17) is 5.11 Å². The van der Waals surface area contributed by atoms with Crippen molar-refractivity contribution < 1.29 is 14.7 Å². The van der Waals surface area contributed by atoms with Crippen molar-refractivity contribution >= 4 is 11.9 Å². The van der Waals surface area contributed by atoms with Crippen LogP contribution in [0.4, 0.5) is 0 Å². The molecule has 0 unspecified atom stereocenters. The minimum atomic E-state index is -0.854. The van der Waals surface area contributed by atoms with Crippen LogP contribution in [0.2, 0.25) is 0 Å². The molecule has 0 radical (unpaired) electrons. The van der Waals surface area contributed by atoms with E-state index >= 15 is 0 Å². The van der Waals surface area contributed by atoms with Gasteiger partial charge >= 0.3 is 5.97 Å². The third kappa shape index (κ3) is 6.62. The Bertz CT molecular complexity index is 295. The second-order valence-electron chi connectivity index (χ2n) is 6.45. The molecule has 18 heavy (non-hydrogen) atoms. The van der Waals surface area contributed by atoms with Crippen LogP contribution >= 0.6 is 0 Å². The summed E-state index contributed by atoms with van der Waals surface area (Å²) in [7, 11) is 0. The maximum absolute atomic E-state index is 12.3. The van der Waals surface area contributed by atoms with Gasteiger partial charge in [0.1, 0.15) is 0 Å². The molecule has 0 atom stereocenters. The van der Waals surface area contributed by atoms with Crippen LogP contribution in [-0.4, -0.2) is 34.5 Å². The molecule has 0 heterocycles. The van der Waals surface area contributed by atoms with Gasteiger partial charge in [0.25, 0.3) is 0 Å². The lowest BCUT2D eigenvalue weighted by Crippen LogP contribution is -2.41. The number of carbonyl (C=O) groups excluding carboxylic acids is 1. The Balaban J connectivity index is 4.64. The number of hydrogen-bond donors (Lipinski definition) is 1. The quantitative estimate of drug-likeness (QED) is 0.763. The van der Waals surface area contributed by atoms with Gasteiger partial charge in [-0.15, -0.1) is 0 Å². The number of carboxylic acids is 1. The number of aliphatic carboxylic acids is 1. The van der Waals surface area contributed by atoms with Gasteiger partial charge in [0.05, 0.1) is 6.42 Å². The summed E-state index contributed by atoms with van der Waals surface area (Å²) in [5.41, 5.74) is -0.493. The SMILES string of the molecule is CC(C)CN(C(=O)CC(C)(C)CC(=O)O)C(C)C. The van der Waals surface area contributed by atoms with Gasteiger partial charge in [0.2, 0.25) is 5.91 Å². The Morgan fingerprint density at radius 3 is 1.94 bits per heavy atom. The Labute approximate surface area is 110 Å². The highest BCUT2D eigenvalue weighted by atomic mass is 16.4. The van der Waals surface area contributed by atoms with Crippen LogP contribution < -0.4 is 0 Å². The molecule has 0 bridgehead atoms. The van der Waals surface area contributed by atoms with Crippen molar-refractivity contribution in [3.8, 4) is 0 Å². The summed E-state index contributed by atoms with van der Waals surface area (Å²) in [5.74, 6) is -0.392. The minimum absolute atomic E-state index is 0.0202. The van der Waals surface area contributed by atoms with Crippen molar-refractivity contribution in [1.29, 1.82) is 0 Å². The predicted molar refractivity (Wildman–Crippen MR) is 72.3 cm³/mol. The highest BCUT2D eigenvalue weighted by Gasteiger charge is 2.28. The molecule has 0 aromatic rings. The van der Waals surface area contributed by atoms with Crippen LogP contribution in [0.1, 0.15) is 54.4 Å². The summed E-state index contributed by atoms with van der Waals surface area (Å²) in [5, 5.41) is 8.83. The lowest BCUT2D eigenvalue weighted by atomic mass is 9.85. The van der Waals surface area contributed by atoms with Crippen molar-refractivity contribution in [1.82, 2.24) is 4.90 Å². The summed E-state index contributed by atoms with van der Waals surface area (Å²) in [6, 6.07) is 0.153. The zero-order valence-corrected chi connectivity index (χ0v) is 12.5. The van der Waals surface area contributed by atoms with Crippen molar-refractivity contribution in [2.75, 3.05) is 6.54 Å². The van der Waals surface area contributed by atoms with Crippen LogP contribution in [0.3, 0.4) is 0 Å². The molecule has 106 valence electrons. The standard InChI is InChI=1S/C14H27NO3/c1-10(2)9-15(11(3)4)12(16)7-14(5,6)8-13(17)18/h10-11H,7-9H2,1-6H3,(H,17,18). The Morgan fingerprint density at radius 1 is 1.11 bits per heavy atom. The van der Waals surface area contributed by atoms with E-state index < -0.39 is 11.4 Å². The maximum Gasteiger partial charge on any atom is 0.303 e. The molecule has 0 saturated heterocycles. The third-order valence-electron chi connectivity index (χ3n) is 2.77. The fraction of sp³-hybridized carbons (Fsp3) is 0.857. The zero-order valence-electron chi connectivity index (χ0n) is 12.5. The van der Waals surface area contributed by atoms with Crippen LogP contribution in [0.25, 0.3) is 0 Å². The van der Waals surface area contributed by atoms with Gasteiger partial charge in [-0.25, -0.2) is 0 Å². The van der Waals surface area contributed by atoms with Gasteiger partial charge in [0, 0.05) is 19.0 Å². The first kappa shape index (κ1) is 16.9. The van der Waals surface area contributed by atoms with E-state index in [9.17, 15) is 9.59 Å².